The molecule has 1 aromatic rings. The minimum absolute atomic E-state index is 0.178. The van der Waals surface area contributed by atoms with Crippen LogP contribution in [0.2, 0.25) is 0 Å². The van der Waals surface area contributed by atoms with E-state index in [0.29, 0.717) is 18.6 Å². The summed E-state index contributed by atoms with van der Waals surface area (Å²) in [5.74, 6) is 0.356. The Morgan fingerprint density at radius 3 is 2.06 bits per heavy atom. The van der Waals surface area contributed by atoms with Crippen LogP contribution >= 0.6 is 0 Å². The van der Waals surface area contributed by atoms with Gasteiger partial charge in [-0.15, -0.1) is 0 Å². The molecule has 92 valence electrons. The van der Waals surface area contributed by atoms with E-state index >= 15 is 0 Å². The lowest BCUT2D eigenvalue weighted by Crippen LogP contribution is -2.40. The van der Waals surface area contributed by atoms with E-state index in [9.17, 15) is 8.42 Å². The van der Waals surface area contributed by atoms with Crippen LogP contribution in [-0.4, -0.2) is 50.2 Å². The van der Waals surface area contributed by atoms with Crippen LogP contribution in [0.4, 0.5) is 5.69 Å². The highest BCUT2D eigenvalue weighted by molar-refractivity contribution is 7.91. The Balaban J connectivity index is 2.09. The van der Waals surface area contributed by atoms with Gasteiger partial charge < -0.3 is 14.9 Å². The Kier molecular flexibility index (Phi) is 3.41. The monoisotopic (exact) mass is 255 g/mol. The second kappa shape index (κ2) is 4.68. The third kappa shape index (κ3) is 2.99. The van der Waals surface area contributed by atoms with Crippen LogP contribution in [0.1, 0.15) is 0 Å². The van der Waals surface area contributed by atoms with Gasteiger partial charge in [-0.2, -0.15) is 0 Å². The molecule has 17 heavy (non-hydrogen) atoms. The van der Waals surface area contributed by atoms with Crippen LogP contribution in [0, 0.1) is 0 Å². The van der Waals surface area contributed by atoms with Crippen LogP contribution < -0.4 is 10.4 Å². The number of hydrogen-bond acceptors (Lipinski definition) is 5. The lowest BCUT2D eigenvalue weighted by atomic mass is 9.80. The second-order valence-corrected chi connectivity index (χ2v) is 6.41. The number of benzene rings is 1. The molecule has 0 radical (unpaired) electrons. The predicted molar refractivity (Wildman–Crippen MR) is 67.1 cm³/mol. The summed E-state index contributed by atoms with van der Waals surface area (Å²) in [6.07, 6.45) is 0. The van der Waals surface area contributed by atoms with Crippen LogP contribution in [-0.2, 0) is 9.84 Å². The van der Waals surface area contributed by atoms with Crippen molar-refractivity contribution in [2.24, 2.45) is 0 Å². The van der Waals surface area contributed by atoms with Gasteiger partial charge in [-0.25, -0.2) is 8.42 Å². The summed E-state index contributed by atoms with van der Waals surface area (Å²) in [6.45, 7) is 0.979. The van der Waals surface area contributed by atoms with Gasteiger partial charge in [0.25, 0.3) is 0 Å². The number of nitrogens with zero attached hydrogens (tertiary/aromatic N) is 1. The lowest BCUT2D eigenvalue weighted by molar-refractivity contribution is 0.426. The van der Waals surface area contributed by atoms with Crippen molar-refractivity contribution in [3.05, 3.63) is 24.3 Å². The zero-order valence-corrected chi connectivity index (χ0v) is 10.1. The maximum atomic E-state index is 11.3. The van der Waals surface area contributed by atoms with Crippen LogP contribution in [0.15, 0.2) is 24.3 Å². The van der Waals surface area contributed by atoms with E-state index in [1.54, 1.807) is 24.3 Å². The van der Waals surface area contributed by atoms with Gasteiger partial charge in [0, 0.05) is 18.8 Å². The van der Waals surface area contributed by atoms with Gasteiger partial charge in [0.2, 0.25) is 0 Å². The standard InChI is InChI=1S/C10H14BNO4S/c13-11(14)9-1-3-10(4-2-9)12-5-7-17(15,16)8-6-12/h1-4,13-14H,5-8H2. The molecule has 1 saturated heterocycles. The number of hydrogen-bond donors (Lipinski definition) is 2. The maximum absolute atomic E-state index is 11.3. The first-order chi connectivity index (χ1) is 7.98. The second-order valence-electron chi connectivity index (χ2n) is 4.10. The topological polar surface area (TPSA) is 77.8 Å². The Bertz CT molecular complexity index is 472. The van der Waals surface area contributed by atoms with E-state index < -0.39 is 17.0 Å². The Morgan fingerprint density at radius 1 is 1.06 bits per heavy atom. The third-order valence-electron chi connectivity index (χ3n) is 2.90. The van der Waals surface area contributed by atoms with Crippen molar-refractivity contribution >= 4 is 28.1 Å². The van der Waals surface area contributed by atoms with Gasteiger partial charge in [0.15, 0.2) is 9.84 Å². The molecular formula is C10H14BNO4S. The molecule has 2 N–H and O–H groups in total. The summed E-state index contributed by atoms with van der Waals surface area (Å²) in [4.78, 5) is 1.98. The average Bonchev–Trinajstić information content (AvgIpc) is 2.29. The molecular weight excluding hydrogens is 241 g/mol. The van der Waals surface area contributed by atoms with Gasteiger partial charge in [-0.05, 0) is 17.6 Å². The molecule has 1 aromatic carbocycles. The van der Waals surface area contributed by atoms with Gasteiger partial charge in [-0.1, -0.05) is 12.1 Å². The van der Waals surface area contributed by atoms with E-state index in [-0.39, 0.29) is 11.5 Å². The number of sulfone groups is 1. The zero-order valence-electron chi connectivity index (χ0n) is 9.28. The van der Waals surface area contributed by atoms with Gasteiger partial charge >= 0.3 is 7.12 Å². The molecule has 0 aliphatic carbocycles. The van der Waals surface area contributed by atoms with Crippen molar-refractivity contribution in [2.45, 2.75) is 0 Å². The maximum Gasteiger partial charge on any atom is 0.488 e. The number of anilines is 1. The molecule has 0 saturated carbocycles. The molecule has 0 spiro atoms. The average molecular weight is 255 g/mol. The summed E-state index contributed by atoms with van der Waals surface area (Å²) >= 11 is 0. The van der Waals surface area contributed by atoms with Gasteiger partial charge in [0.05, 0.1) is 11.5 Å². The summed E-state index contributed by atoms with van der Waals surface area (Å²) in [5, 5.41) is 17.9. The third-order valence-corrected chi connectivity index (χ3v) is 4.51. The summed E-state index contributed by atoms with van der Waals surface area (Å²) in [5.41, 5.74) is 1.34. The molecule has 0 aromatic heterocycles. The minimum atomic E-state index is -2.87. The fourth-order valence-corrected chi connectivity index (χ4v) is 3.03. The summed E-state index contributed by atoms with van der Waals surface area (Å²) in [7, 11) is -4.33. The van der Waals surface area contributed by atoms with E-state index in [1.165, 1.54) is 0 Å². The van der Waals surface area contributed by atoms with Gasteiger partial charge in [-0.3, -0.25) is 0 Å². The van der Waals surface area contributed by atoms with E-state index in [2.05, 4.69) is 0 Å². The molecule has 1 heterocycles. The molecule has 1 aliphatic rings. The minimum Gasteiger partial charge on any atom is -0.423 e. The molecule has 1 fully saturated rings. The largest absolute Gasteiger partial charge is 0.488 e. The molecule has 0 amide bonds. The Labute approximate surface area is 101 Å². The zero-order chi connectivity index (χ0) is 12.5. The Morgan fingerprint density at radius 2 is 1.59 bits per heavy atom. The van der Waals surface area contributed by atoms with E-state index in [1.807, 2.05) is 4.90 Å². The quantitative estimate of drug-likeness (QED) is 0.636. The normalized spacial score (nSPS) is 19.1. The highest BCUT2D eigenvalue weighted by atomic mass is 32.2. The smallest absolute Gasteiger partial charge is 0.423 e. The molecule has 1 aliphatic heterocycles. The van der Waals surface area contributed by atoms with Crippen LogP contribution in [0.25, 0.3) is 0 Å². The molecule has 2 rings (SSSR count). The van der Waals surface area contributed by atoms with Crippen molar-refractivity contribution in [2.75, 3.05) is 29.5 Å². The van der Waals surface area contributed by atoms with Crippen LogP contribution in [0.3, 0.4) is 0 Å². The first-order valence-corrected chi connectivity index (χ1v) is 7.21. The fraction of sp³-hybridized carbons (Fsp3) is 0.400. The van der Waals surface area contributed by atoms with E-state index in [0.717, 1.165) is 5.69 Å². The molecule has 0 bridgehead atoms. The fourth-order valence-electron chi connectivity index (χ4n) is 1.83. The van der Waals surface area contributed by atoms with Crippen molar-refractivity contribution in [3.63, 3.8) is 0 Å². The van der Waals surface area contributed by atoms with Crippen molar-refractivity contribution in [1.29, 1.82) is 0 Å². The first-order valence-electron chi connectivity index (χ1n) is 5.39. The first kappa shape index (κ1) is 12.4. The summed E-state index contributed by atoms with van der Waals surface area (Å²) in [6, 6.07) is 6.80. The van der Waals surface area contributed by atoms with E-state index in [4.69, 9.17) is 10.0 Å². The Hall–Kier alpha value is -1.05. The summed E-state index contributed by atoms with van der Waals surface area (Å²) < 4.78 is 22.6. The molecule has 0 atom stereocenters. The van der Waals surface area contributed by atoms with Gasteiger partial charge in [0.1, 0.15) is 0 Å². The van der Waals surface area contributed by atoms with Crippen molar-refractivity contribution in [3.8, 4) is 0 Å². The molecule has 0 unspecified atom stereocenters. The SMILES string of the molecule is O=S1(=O)CCN(c2ccc(B(O)O)cc2)CC1. The highest BCUT2D eigenvalue weighted by Crippen LogP contribution is 2.15. The molecule has 5 nitrogen and oxygen atoms in total. The highest BCUT2D eigenvalue weighted by Gasteiger charge is 2.21. The lowest BCUT2D eigenvalue weighted by Gasteiger charge is -2.28. The molecule has 7 heteroatoms. The van der Waals surface area contributed by atoms with Crippen molar-refractivity contribution < 1.29 is 18.5 Å². The van der Waals surface area contributed by atoms with Crippen LogP contribution in [0.5, 0.6) is 0 Å². The van der Waals surface area contributed by atoms with Crippen molar-refractivity contribution in [1.82, 2.24) is 0 Å². The predicted octanol–water partition coefficient (Wildman–Crippen LogP) is -1.40. The number of rotatable bonds is 2.